The first kappa shape index (κ1) is 61.0. The first-order valence-corrected chi connectivity index (χ1v) is 3.71. The van der Waals surface area contributed by atoms with Gasteiger partial charge in [0.25, 0.3) is 23.9 Å². The van der Waals surface area contributed by atoms with Crippen LogP contribution in [0.15, 0.2) is 0 Å². The molecule has 0 atom stereocenters. The largest absolute Gasteiger partial charge is 0.481 e. The van der Waals surface area contributed by atoms with Crippen LogP contribution in [-0.2, 0) is 36.2 Å². The molecule has 0 aliphatic rings. The average molecular weight is 367 g/mol. The summed E-state index contributed by atoms with van der Waals surface area (Å²) in [5.74, 6) is -3.33. The normalized spacial score (nSPS) is 4.76. The second-order valence-electron chi connectivity index (χ2n) is 2.08. The zero-order valence-corrected chi connectivity index (χ0v) is 13.0. The van der Waals surface area contributed by atoms with Crippen molar-refractivity contribution in [2.24, 2.45) is 0 Å². The summed E-state index contributed by atoms with van der Waals surface area (Å²) in [5, 5.41) is 29.7. The van der Waals surface area contributed by atoms with Crippen molar-refractivity contribution in [1.29, 1.82) is 0 Å². The van der Waals surface area contributed by atoms with Crippen LogP contribution < -0.4 is 0 Å². The van der Waals surface area contributed by atoms with E-state index in [2.05, 4.69) is 0 Å². The minimum absolute atomic E-state index is 0. The fourth-order valence-corrected chi connectivity index (χ4v) is 0. The van der Waals surface area contributed by atoms with Crippen molar-refractivity contribution in [1.82, 2.24) is 0 Å². The average Bonchev–Trinajstić information content (AvgIpc) is 1.76. The standard InChI is InChI=1S/4C2H4O2.Mn.4H2O/c4*1-2(3)4;;;;;/h4*1H3,(H,3,4);;4*1H2. The predicted molar refractivity (Wildman–Crippen MR) is 67.7 cm³/mol. The number of carboxylic acid groups (broad SMARTS) is 4. The van der Waals surface area contributed by atoms with E-state index in [0.29, 0.717) is 0 Å². The summed E-state index contributed by atoms with van der Waals surface area (Å²) in [4.78, 5) is 36.0. The van der Waals surface area contributed by atoms with Gasteiger partial charge in [0.2, 0.25) is 0 Å². The molecule has 12 nitrogen and oxygen atoms in total. The number of hydrogen-bond acceptors (Lipinski definition) is 4. The monoisotopic (exact) mass is 367 g/mol. The molecule has 0 unspecified atom stereocenters. The number of carbonyl (C=O) groups is 4. The number of carboxylic acids is 4. The molecule has 0 spiro atoms. The number of aliphatic carboxylic acids is 4. The van der Waals surface area contributed by atoms with E-state index in [1.54, 1.807) is 0 Å². The number of hydrogen-bond donors (Lipinski definition) is 4. The molecule has 0 aliphatic carbocycles. The molecule has 0 rings (SSSR count). The maximum absolute atomic E-state index is 9.00. The van der Waals surface area contributed by atoms with E-state index < -0.39 is 23.9 Å². The maximum Gasteiger partial charge on any atom is 0.300 e. The van der Waals surface area contributed by atoms with E-state index in [1.807, 2.05) is 0 Å². The summed E-state index contributed by atoms with van der Waals surface area (Å²) >= 11 is 0. The Morgan fingerprint density at radius 1 is 0.476 bits per heavy atom. The van der Waals surface area contributed by atoms with E-state index in [0.717, 1.165) is 27.7 Å². The molecule has 12 N–H and O–H groups in total. The van der Waals surface area contributed by atoms with Crippen LogP contribution in [0.2, 0.25) is 0 Å². The summed E-state index contributed by atoms with van der Waals surface area (Å²) in [5.41, 5.74) is 0. The first-order chi connectivity index (χ1) is 6.93. The first-order valence-electron chi connectivity index (χ1n) is 3.71. The summed E-state index contributed by atoms with van der Waals surface area (Å²) in [6.07, 6.45) is 0. The molecule has 0 fully saturated rings. The molecule has 0 aromatic heterocycles. The zero-order chi connectivity index (χ0) is 14.3. The molecule has 21 heavy (non-hydrogen) atoms. The molecule has 0 bridgehead atoms. The Kier molecular flexibility index (Phi) is 150. The van der Waals surface area contributed by atoms with Gasteiger partial charge in [0.05, 0.1) is 0 Å². The van der Waals surface area contributed by atoms with E-state index >= 15 is 0 Å². The molecule has 0 saturated heterocycles. The molecule has 135 valence electrons. The van der Waals surface area contributed by atoms with Gasteiger partial charge in [-0.15, -0.1) is 0 Å². The molecule has 0 amide bonds. The van der Waals surface area contributed by atoms with Crippen LogP contribution in [0.1, 0.15) is 27.7 Å². The predicted octanol–water partition coefficient (Wildman–Crippen LogP) is -2.94. The van der Waals surface area contributed by atoms with Gasteiger partial charge < -0.3 is 42.3 Å². The van der Waals surface area contributed by atoms with Gasteiger partial charge in [-0.05, 0) is 0 Å². The summed E-state index contributed by atoms with van der Waals surface area (Å²) in [7, 11) is 0. The third-order valence-corrected chi connectivity index (χ3v) is 0. The molecule has 0 heterocycles. The summed E-state index contributed by atoms with van der Waals surface area (Å²) in [6, 6.07) is 0. The van der Waals surface area contributed by atoms with Crippen LogP contribution in [0, 0.1) is 0 Å². The van der Waals surface area contributed by atoms with Crippen LogP contribution in [0.25, 0.3) is 0 Å². The Bertz CT molecular complexity index is 165. The Labute approximate surface area is 131 Å². The Morgan fingerprint density at radius 2 is 0.476 bits per heavy atom. The van der Waals surface area contributed by atoms with Crippen LogP contribution in [-0.4, -0.2) is 66.2 Å². The van der Waals surface area contributed by atoms with Gasteiger partial charge in [-0.3, -0.25) is 19.2 Å². The molecule has 1 radical (unpaired) electrons. The molecule has 13 heteroatoms. The van der Waals surface area contributed by atoms with E-state index in [-0.39, 0.29) is 39.0 Å². The van der Waals surface area contributed by atoms with E-state index in [1.165, 1.54) is 0 Å². The van der Waals surface area contributed by atoms with Crippen LogP contribution in [0.5, 0.6) is 0 Å². The quantitative estimate of drug-likeness (QED) is 0.320. The van der Waals surface area contributed by atoms with Crippen molar-refractivity contribution in [2.45, 2.75) is 27.7 Å². The molecule has 0 aliphatic heterocycles. The van der Waals surface area contributed by atoms with Crippen molar-refractivity contribution in [2.75, 3.05) is 0 Å². The minimum Gasteiger partial charge on any atom is -0.481 e. The molecular formula is C8H24MnO12. The SMILES string of the molecule is CC(=O)O.CC(=O)O.CC(=O)O.CC(=O)O.O.O.O.O.[Mn]. The maximum atomic E-state index is 9.00. The number of rotatable bonds is 0. The van der Waals surface area contributed by atoms with Gasteiger partial charge in [-0.25, -0.2) is 0 Å². The second-order valence-corrected chi connectivity index (χ2v) is 2.08. The Balaban J connectivity index is -0.0000000121. The second kappa shape index (κ2) is 51.7. The van der Waals surface area contributed by atoms with Crippen molar-refractivity contribution in [3.8, 4) is 0 Å². The van der Waals surface area contributed by atoms with Gasteiger partial charge in [-0.2, -0.15) is 0 Å². The zero-order valence-electron chi connectivity index (χ0n) is 11.8. The van der Waals surface area contributed by atoms with Crippen molar-refractivity contribution < 1.29 is 78.6 Å². The van der Waals surface area contributed by atoms with Gasteiger partial charge in [-0.1, -0.05) is 0 Å². The molecular weight excluding hydrogens is 343 g/mol. The fraction of sp³-hybridized carbons (Fsp3) is 0.500. The molecule has 0 saturated carbocycles. The van der Waals surface area contributed by atoms with Gasteiger partial charge in [0.1, 0.15) is 0 Å². The van der Waals surface area contributed by atoms with Crippen LogP contribution >= 0.6 is 0 Å². The van der Waals surface area contributed by atoms with E-state index in [9.17, 15) is 0 Å². The molecule has 0 aromatic carbocycles. The fourth-order valence-electron chi connectivity index (χ4n) is 0. The Morgan fingerprint density at radius 3 is 0.476 bits per heavy atom. The van der Waals surface area contributed by atoms with Crippen molar-refractivity contribution in [3.63, 3.8) is 0 Å². The Hall–Kier alpha value is -1.76. The van der Waals surface area contributed by atoms with Gasteiger partial charge in [0.15, 0.2) is 0 Å². The smallest absolute Gasteiger partial charge is 0.300 e. The van der Waals surface area contributed by atoms with Crippen molar-refractivity contribution in [3.05, 3.63) is 0 Å². The van der Waals surface area contributed by atoms with Crippen molar-refractivity contribution >= 4 is 23.9 Å². The summed E-state index contributed by atoms with van der Waals surface area (Å²) < 4.78 is 0. The molecule has 0 aromatic rings. The van der Waals surface area contributed by atoms with Crippen LogP contribution in [0.4, 0.5) is 0 Å². The van der Waals surface area contributed by atoms with Gasteiger partial charge >= 0.3 is 0 Å². The third kappa shape index (κ3) is 1550. The van der Waals surface area contributed by atoms with E-state index in [4.69, 9.17) is 39.6 Å². The van der Waals surface area contributed by atoms with Gasteiger partial charge in [0, 0.05) is 44.8 Å². The third-order valence-electron chi connectivity index (χ3n) is 0. The minimum atomic E-state index is -0.833. The summed E-state index contributed by atoms with van der Waals surface area (Å²) in [6.45, 7) is 4.33. The topological polar surface area (TPSA) is 275 Å². The van der Waals surface area contributed by atoms with Crippen LogP contribution in [0.3, 0.4) is 0 Å².